The summed E-state index contributed by atoms with van der Waals surface area (Å²) in [5.41, 5.74) is 4.46. The molecule has 0 spiro atoms. The first-order chi connectivity index (χ1) is 11.3. The van der Waals surface area contributed by atoms with Crippen molar-refractivity contribution in [1.82, 2.24) is 13.9 Å². The van der Waals surface area contributed by atoms with E-state index in [-0.39, 0.29) is 6.04 Å². The van der Waals surface area contributed by atoms with Crippen LogP contribution in [0.5, 0.6) is 0 Å². The molecule has 0 fully saturated rings. The van der Waals surface area contributed by atoms with Gasteiger partial charge >= 0.3 is 0 Å². The highest BCUT2D eigenvalue weighted by Crippen LogP contribution is 2.25. The van der Waals surface area contributed by atoms with E-state index in [1.54, 1.807) is 0 Å². The fourth-order valence-electron chi connectivity index (χ4n) is 3.06. The van der Waals surface area contributed by atoms with Crippen molar-refractivity contribution in [3.05, 3.63) is 53.4 Å². The third kappa shape index (κ3) is 3.01. The van der Waals surface area contributed by atoms with Crippen LogP contribution in [0.3, 0.4) is 0 Å². The van der Waals surface area contributed by atoms with Crippen LogP contribution in [0.25, 0.3) is 11.3 Å². The number of aromatic nitrogens is 3. The van der Waals surface area contributed by atoms with Crippen molar-refractivity contribution >= 4 is 17.2 Å². The van der Waals surface area contributed by atoms with Gasteiger partial charge < -0.3 is 9.88 Å². The van der Waals surface area contributed by atoms with E-state index in [4.69, 9.17) is 4.98 Å². The van der Waals surface area contributed by atoms with E-state index in [9.17, 15) is 0 Å². The number of fused-ring (bicyclic) bond motifs is 1. The molecule has 4 nitrogen and oxygen atoms in total. The summed E-state index contributed by atoms with van der Waals surface area (Å²) in [7, 11) is 0. The zero-order valence-electron chi connectivity index (χ0n) is 13.2. The van der Waals surface area contributed by atoms with Crippen LogP contribution < -0.4 is 5.32 Å². The topological polar surface area (TPSA) is 42.7 Å². The van der Waals surface area contributed by atoms with Crippen molar-refractivity contribution in [3.63, 3.8) is 0 Å². The molecule has 0 aliphatic carbocycles. The second-order valence-corrected chi connectivity index (χ2v) is 6.73. The first kappa shape index (κ1) is 14.5. The summed E-state index contributed by atoms with van der Waals surface area (Å²) in [5, 5.41) is 5.50. The summed E-state index contributed by atoms with van der Waals surface area (Å²) in [6, 6.07) is 10.8. The molecule has 4 rings (SSSR count). The molecule has 0 saturated carbocycles. The summed E-state index contributed by atoms with van der Waals surface area (Å²) < 4.78 is 6.68. The second-order valence-electron chi connectivity index (χ2n) is 6.06. The molecule has 1 aliphatic rings. The predicted molar refractivity (Wildman–Crippen MR) is 94.8 cm³/mol. The maximum absolute atomic E-state index is 4.79. The second kappa shape index (κ2) is 6.16. The van der Waals surface area contributed by atoms with Crippen molar-refractivity contribution < 1.29 is 0 Å². The lowest BCUT2D eigenvalue weighted by Gasteiger charge is -2.13. The molecule has 0 amide bonds. The quantitative estimate of drug-likeness (QED) is 0.767. The first-order valence-corrected chi connectivity index (χ1v) is 8.96. The minimum atomic E-state index is 0.215. The summed E-state index contributed by atoms with van der Waals surface area (Å²) in [5.74, 6) is 1.23. The van der Waals surface area contributed by atoms with Gasteiger partial charge in [0.05, 0.1) is 17.4 Å². The fraction of sp³-hybridized carbons (Fsp3) is 0.333. The Morgan fingerprint density at radius 3 is 2.78 bits per heavy atom. The van der Waals surface area contributed by atoms with Crippen molar-refractivity contribution in [3.8, 4) is 11.3 Å². The zero-order valence-corrected chi connectivity index (χ0v) is 14.0. The van der Waals surface area contributed by atoms with Gasteiger partial charge in [0.2, 0.25) is 0 Å². The maximum atomic E-state index is 4.79. The van der Waals surface area contributed by atoms with E-state index in [0.717, 1.165) is 30.0 Å². The molecule has 3 aromatic rings. The van der Waals surface area contributed by atoms with Crippen molar-refractivity contribution in [2.75, 3.05) is 5.32 Å². The lowest BCUT2D eigenvalue weighted by atomic mass is 10.1. The van der Waals surface area contributed by atoms with Crippen LogP contribution in [0.2, 0.25) is 0 Å². The maximum Gasteiger partial charge on any atom is 0.109 e. The van der Waals surface area contributed by atoms with Gasteiger partial charge in [-0.05, 0) is 49.5 Å². The minimum absolute atomic E-state index is 0.215. The Hall–Kier alpha value is -2.14. The van der Waals surface area contributed by atoms with Gasteiger partial charge in [0.25, 0.3) is 0 Å². The minimum Gasteiger partial charge on any atom is -0.377 e. The number of hydrogen-bond donors (Lipinski definition) is 1. The van der Waals surface area contributed by atoms with Crippen molar-refractivity contribution in [2.45, 2.75) is 38.8 Å². The molecule has 23 heavy (non-hydrogen) atoms. The molecule has 0 bridgehead atoms. The number of benzene rings is 1. The van der Waals surface area contributed by atoms with E-state index in [0.29, 0.717) is 0 Å². The third-order valence-electron chi connectivity index (χ3n) is 4.37. The molecule has 0 radical (unpaired) electrons. The predicted octanol–water partition coefficient (Wildman–Crippen LogP) is 4.52. The van der Waals surface area contributed by atoms with Crippen molar-refractivity contribution in [1.29, 1.82) is 0 Å². The van der Waals surface area contributed by atoms with Crippen LogP contribution in [-0.4, -0.2) is 13.9 Å². The summed E-state index contributed by atoms with van der Waals surface area (Å²) in [6.45, 7) is 3.24. The molecule has 1 aromatic carbocycles. The number of nitrogens with one attached hydrogen (secondary N) is 1. The van der Waals surface area contributed by atoms with Crippen LogP contribution in [-0.2, 0) is 13.0 Å². The Bertz CT molecular complexity index is 750. The van der Waals surface area contributed by atoms with Gasteiger partial charge in [-0.3, -0.25) is 0 Å². The average molecular weight is 324 g/mol. The van der Waals surface area contributed by atoms with E-state index in [1.807, 2.05) is 5.38 Å². The average Bonchev–Trinajstić information content (AvgIpc) is 3.25. The lowest BCUT2D eigenvalue weighted by molar-refractivity contribution is 0.522. The van der Waals surface area contributed by atoms with E-state index < -0.39 is 0 Å². The lowest BCUT2D eigenvalue weighted by Crippen LogP contribution is -2.08. The molecule has 118 valence electrons. The Labute approximate surface area is 140 Å². The van der Waals surface area contributed by atoms with Gasteiger partial charge in [-0.1, -0.05) is 12.1 Å². The van der Waals surface area contributed by atoms with Crippen LogP contribution in [0, 0.1) is 0 Å². The van der Waals surface area contributed by atoms with Gasteiger partial charge in [0.15, 0.2) is 0 Å². The number of nitrogens with zero attached hydrogens (tertiary/aromatic N) is 3. The first-order valence-electron chi connectivity index (χ1n) is 8.13. The van der Waals surface area contributed by atoms with E-state index in [2.05, 4.69) is 57.7 Å². The third-order valence-corrected chi connectivity index (χ3v) is 4.95. The number of anilines is 1. The normalized spacial score (nSPS) is 15.2. The number of hydrogen-bond acceptors (Lipinski definition) is 4. The van der Waals surface area contributed by atoms with E-state index in [1.165, 1.54) is 35.8 Å². The van der Waals surface area contributed by atoms with Crippen LogP contribution in [0.15, 0.2) is 41.9 Å². The molecule has 1 N–H and O–H groups in total. The van der Waals surface area contributed by atoms with Crippen LogP contribution >= 0.6 is 11.5 Å². The van der Waals surface area contributed by atoms with Gasteiger partial charge in [-0.15, -0.1) is 0 Å². The van der Waals surface area contributed by atoms with Crippen LogP contribution in [0.1, 0.15) is 37.3 Å². The standard InChI is InChI=1S/C18H20N4S/c1-13(16-9-11-23-21-16)19-15-7-5-14(6-8-15)17-12-22-10-3-2-4-18(22)20-17/h5-9,11-13,19H,2-4,10H2,1H3. The zero-order chi connectivity index (χ0) is 15.6. The molecule has 5 heteroatoms. The SMILES string of the molecule is CC(Nc1ccc(-c2cn3c(n2)CCCC3)cc1)c1ccsn1. The van der Waals surface area contributed by atoms with Crippen LogP contribution in [0.4, 0.5) is 5.69 Å². The number of aryl methyl sites for hydroxylation is 2. The Balaban J connectivity index is 1.50. The Morgan fingerprint density at radius 1 is 1.17 bits per heavy atom. The molecule has 3 heterocycles. The fourth-order valence-corrected chi connectivity index (χ4v) is 3.66. The highest BCUT2D eigenvalue weighted by atomic mass is 32.1. The number of rotatable bonds is 4. The van der Waals surface area contributed by atoms with Gasteiger partial charge in [-0.25, -0.2) is 4.98 Å². The highest BCUT2D eigenvalue weighted by Gasteiger charge is 2.13. The summed E-state index contributed by atoms with van der Waals surface area (Å²) in [6.07, 6.45) is 5.81. The summed E-state index contributed by atoms with van der Waals surface area (Å²) in [4.78, 5) is 4.79. The molecular formula is C18H20N4S. The Morgan fingerprint density at radius 2 is 2.04 bits per heavy atom. The monoisotopic (exact) mass is 324 g/mol. The summed E-state index contributed by atoms with van der Waals surface area (Å²) >= 11 is 1.49. The molecule has 1 atom stereocenters. The van der Waals surface area contributed by atoms with Crippen molar-refractivity contribution in [2.24, 2.45) is 0 Å². The molecule has 2 aromatic heterocycles. The van der Waals surface area contributed by atoms with Gasteiger partial charge in [0.1, 0.15) is 5.82 Å². The smallest absolute Gasteiger partial charge is 0.109 e. The molecular weight excluding hydrogens is 304 g/mol. The highest BCUT2D eigenvalue weighted by molar-refractivity contribution is 7.03. The molecule has 1 unspecified atom stereocenters. The largest absolute Gasteiger partial charge is 0.377 e. The number of imidazole rings is 1. The molecule has 1 aliphatic heterocycles. The Kier molecular flexibility index (Phi) is 3.87. The van der Waals surface area contributed by atoms with Gasteiger partial charge in [-0.2, -0.15) is 4.37 Å². The molecule has 0 saturated heterocycles. The van der Waals surface area contributed by atoms with E-state index >= 15 is 0 Å². The van der Waals surface area contributed by atoms with Gasteiger partial charge in [0, 0.05) is 35.8 Å².